The Hall–Kier alpha value is -2.33. The van der Waals surface area contributed by atoms with E-state index in [2.05, 4.69) is 4.72 Å². The summed E-state index contributed by atoms with van der Waals surface area (Å²) in [6.45, 7) is 1.35. The van der Waals surface area contributed by atoms with Crippen LogP contribution in [0.25, 0.3) is 0 Å². The molecule has 0 saturated heterocycles. The van der Waals surface area contributed by atoms with Gasteiger partial charge in [-0.25, -0.2) is 26.7 Å². The van der Waals surface area contributed by atoms with Gasteiger partial charge in [-0.1, -0.05) is 6.07 Å². The lowest BCUT2D eigenvalue weighted by Gasteiger charge is -2.16. The van der Waals surface area contributed by atoms with Crippen LogP contribution in [0.5, 0.6) is 0 Å². The van der Waals surface area contributed by atoms with Crippen LogP contribution in [-0.2, 0) is 24.1 Å². The van der Waals surface area contributed by atoms with Crippen molar-refractivity contribution in [2.45, 2.75) is 17.9 Å². The first-order valence-electron chi connectivity index (χ1n) is 6.78. The summed E-state index contributed by atoms with van der Waals surface area (Å²) in [5.41, 5.74) is -1.77. The standard InChI is InChI=1S/C14H15F2N3O4S/c1-8(10-5-4-9(15)6-11(10)16)17-24(22,23)12-7-18(2)14(21)19(3)13(12)20/h4-8,17H,1-3H3/t8-/m0/s1. The Kier molecular flexibility index (Phi) is 4.72. The molecule has 0 radical (unpaired) electrons. The molecule has 0 bridgehead atoms. The van der Waals surface area contributed by atoms with Gasteiger partial charge in [0.05, 0.1) is 0 Å². The zero-order valence-electron chi connectivity index (χ0n) is 13.1. The first kappa shape index (κ1) is 18.0. The molecular weight excluding hydrogens is 344 g/mol. The highest BCUT2D eigenvalue weighted by atomic mass is 32.2. The molecule has 0 saturated carbocycles. The van der Waals surface area contributed by atoms with E-state index in [0.29, 0.717) is 10.6 Å². The molecule has 1 atom stereocenters. The van der Waals surface area contributed by atoms with Crippen LogP contribution in [0.1, 0.15) is 18.5 Å². The zero-order valence-corrected chi connectivity index (χ0v) is 13.9. The van der Waals surface area contributed by atoms with E-state index >= 15 is 0 Å². The van der Waals surface area contributed by atoms with Gasteiger partial charge in [-0.2, -0.15) is 0 Å². The van der Waals surface area contributed by atoms with Gasteiger partial charge in [0.25, 0.3) is 5.56 Å². The molecule has 10 heteroatoms. The minimum Gasteiger partial charge on any atom is -0.302 e. The maximum Gasteiger partial charge on any atom is 0.330 e. The van der Waals surface area contributed by atoms with Crippen LogP contribution in [0.15, 0.2) is 38.9 Å². The van der Waals surface area contributed by atoms with Crippen LogP contribution in [-0.4, -0.2) is 17.6 Å². The normalized spacial score (nSPS) is 13.0. The number of nitrogens with one attached hydrogen (secondary N) is 1. The fourth-order valence-electron chi connectivity index (χ4n) is 2.17. The summed E-state index contributed by atoms with van der Waals surface area (Å²) in [6, 6.07) is 1.67. The van der Waals surface area contributed by atoms with Crippen molar-refractivity contribution in [3.8, 4) is 0 Å². The minimum absolute atomic E-state index is 0.0818. The third kappa shape index (κ3) is 3.29. The number of nitrogens with zero attached hydrogens (tertiary/aromatic N) is 2. The van der Waals surface area contributed by atoms with Crippen molar-refractivity contribution in [1.82, 2.24) is 13.9 Å². The van der Waals surface area contributed by atoms with E-state index in [1.165, 1.54) is 14.0 Å². The average Bonchev–Trinajstić information content (AvgIpc) is 2.47. The minimum atomic E-state index is -4.33. The van der Waals surface area contributed by atoms with E-state index in [-0.39, 0.29) is 5.56 Å². The molecule has 0 amide bonds. The fourth-order valence-corrected chi connectivity index (χ4v) is 3.55. The van der Waals surface area contributed by atoms with Crippen molar-refractivity contribution in [2.24, 2.45) is 14.1 Å². The number of aryl methyl sites for hydroxylation is 1. The Morgan fingerprint density at radius 1 is 1.17 bits per heavy atom. The second-order valence-corrected chi connectivity index (χ2v) is 6.94. The van der Waals surface area contributed by atoms with Gasteiger partial charge in [0.15, 0.2) is 4.90 Å². The van der Waals surface area contributed by atoms with E-state index in [9.17, 15) is 26.8 Å². The van der Waals surface area contributed by atoms with Crippen molar-refractivity contribution >= 4 is 10.0 Å². The van der Waals surface area contributed by atoms with Crippen molar-refractivity contribution < 1.29 is 17.2 Å². The topological polar surface area (TPSA) is 90.2 Å². The molecule has 1 aromatic carbocycles. The highest BCUT2D eigenvalue weighted by Gasteiger charge is 2.25. The number of benzene rings is 1. The summed E-state index contributed by atoms with van der Waals surface area (Å²) >= 11 is 0. The van der Waals surface area contributed by atoms with Crippen molar-refractivity contribution in [3.63, 3.8) is 0 Å². The fraction of sp³-hybridized carbons (Fsp3) is 0.286. The monoisotopic (exact) mass is 359 g/mol. The van der Waals surface area contributed by atoms with E-state index in [0.717, 1.165) is 29.9 Å². The highest BCUT2D eigenvalue weighted by molar-refractivity contribution is 7.89. The van der Waals surface area contributed by atoms with E-state index < -0.39 is 43.8 Å². The number of aromatic nitrogens is 2. The zero-order chi connectivity index (χ0) is 18.2. The van der Waals surface area contributed by atoms with Gasteiger partial charge in [0, 0.05) is 38.0 Å². The van der Waals surface area contributed by atoms with Crippen molar-refractivity contribution in [1.29, 1.82) is 0 Å². The second kappa shape index (κ2) is 6.29. The SMILES string of the molecule is C[C@H](NS(=O)(=O)c1cn(C)c(=O)n(C)c1=O)c1ccc(F)cc1F. The Balaban J connectivity index is 2.46. The first-order valence-corrected chi connectivity index (χ1v) is 8.27. The lowest BCUT2D eigenvalue weighted by molar-refractivity contribution is 0.536. The number of hydrogen-bond acceptors (Lipinski definition) is 4. The van der Waals surface area contributed by atoms with Gasteiger partial charge < -0.3 is 4.57 Å². The van der Waals surface area contributed by atoms with Crippen LogP contribution in [0, 0.1) is 11.6 Å². The molecule has 2 rings (SSSR count). The highest BCUT2D eigenvalue weighted by Crippen LogP contribution is 2.19. The number of hydrogen-bond donors (Lipinski definition) is 1. The average molecular weight is 359 g/mol. The van der Waals surface area contributed by atoms with E-state index in [4.69, 9.17) is 0 Å². The number of halogens is 2. The largest absolute Gasteiger partial charge is 0.330 e. The third-order valence-corrected chi connectivity index (χ3v) is 4.99. The lowest BCUT2D eigenvalue weighted by Crippen LogP contribution is -2.41. The lowest BCUT2D eigenvalue weighted by atomic mass is 10.1. The predicted molar refractivity (Wildman–Crippen MR) is 82.0 cm³/mol. The molecule has 0 spiro atoms. The molecular formula is C14H15F2N3O4S. The maximum atomic E-state index is 13.8. The molecule has 24 heavy (non-hydrogen) atoms. The number of rotatable bonds is 4. The quantitative estimate of drug-likeness (QED) is 0.856. The molecule has 130 valence electrons. The molecule has 7 nitrogen and oxygen atoms in total. The first-order chi connectivity index (χ1) is 11.0. The molecule has 0 unspecified atom stereocenters. The maximum absolute atomic E-state index is 13.8. The Bertz CT molecular complexity index is 1010. The molecule has 1 heterocycles. The van der Waals surface area contributed by atoms with E-state index in [1.807, 2.05) is 0 Å². The summed E-state index contributed by atoms with van der Waals surface area (Å²) in [6.07, 6.45) is 0.890. The summed E-state index contributed by atoms with van der Waals surface area (Å²) in [5.74, 6) is -1.71. The van der Waals surface area contributed by atoms with Crippen LogP contribution < -0.4 is 16.0 Å². The second-order valence-electron chi connectivity index (χ2n) is 5.26. The Labute approximate surface area is 136 Å². The van der Waals surface area contributed by atoms with Crippen molar-refractivity contribution in [3.05, 3.63) is 62.4 Å². The van der Waals surface area contributed by atoms with Crippen LogP contribution in [0.3, 0.4) is 0 Å². The molecule has 0 fully saturated rings. The van der Waals surface area contributed by atoms with Gasteiger partial charge in [-0.15, -0.1) is 0 Å². The molecule has 0 aliphatic rings. The summed E-state index contributed by atoms with van der Waals surface area (Å²) in [7, 11) is -1.89. The van der Waals surface area contributed by atoms with Gasteiger partial charge in [0.2, 0.25) is 10.0 Å². The third-order valence-electron chi connectivity index (χ3n) is 3.47. The van der Waals surface area contributed by atoms with Crippen LogP contribution in [0.4, 0.5) is 8.78 Å². The van der Waals surface area contributed by atoms with Crippen LogP contribution >= 0.6 is 0 Å². The number of sulfonamides is 1. The smallest absolute Gasteiger partial charge is 0.302 e. The van der Waals surface area contributed by atoms with Gasteiger partial charge in [-0.05, 0) is 13.0 Å². The molecule has 2 aromatic rings. The predicted octanol–water partition coefficient (Wildman–Crippen LogP) is 0.402. The molecule has 0 aliphatic heterocycles. The molecule has 1 N–H and O–H groups in total. The van der Waals surface area contributed by atoms with Gasteiger partial charge in [0.1, 0.15) is 11.6 Å². The summed E-state index contributed by atoms with van der Waals surface area (Å²) in [4.78, 5) is 23.0. The van der Waals surface area contributed by atoms with E-state index in [1.54, 1.807) is 0 Å². The van der Waals surface area contributed by atoms with Crippen LogP contribution in [0.2, 0.25) is 0 Å². The Morgan fingerprint density at radius 3 is 2.38 bits per heavy atom. The Morgan fingerprint density at radius 2 is 1.79 bits per heavy atom. The summed E-state index contributed by atoms with van der Waals surface area (Å²) in [5, 5.41) is 0. The van der Waals surface area contributed by atoms with Gasteiger partial charge >= 0.3 is 5.69 Å². The van der Waals surface area contributed by atoms with Crippen molar-refractivity contribution in [2.75, 3.05) is 0 Å². The van der Waals surface area contributed by atoms with Gasteiger partial charge in [-0.3, -0.25) is 9.36 Å². The molecule has 1 aromatic heterocycles. The summed E-state index contributed by atoms with van der Waals surface area (Å²) < 4.78 is 55.2. The molecule has 0 aliphatic carbocycles.